The molecule has 0 radical (unpaired) electrons. The number of hydrogen-bond acceptors (Lipinski definition) is 6. The molecule has 0 fully saturated rings. The summed E-state index contributed by atoms with van der Waals surface area (Å²) in [5.74, 6) is 0.465. The maximum atomic E-state index is 12.5. The second-order valence-electron chi connectivity index (χ2n) is 6.38. The second-order valence-corrected chi connectivity index (χ2v) is 6.38. The van der Waals surface area contributed by atoms with Crippen LogP contribution in [0.15, 0.2) is 54.2 Å². The van der Waals surface area contributed by atoms with Crippen LogP contribution >= 0.6 is 0 Å². The first-order chi connectivity index (χ1) is 14.4. The van der Waals surface area contributed by atoms with Gasteiger partial charge in [0.05, 0.1) is 20.3 Å². The van der Waals surface area contributed by atoms with E-state index in [0.717, 1.165) is 5.56 Å². The van der Waals surface area contributed by atoms with E-state index in [1.165, 1.54) is 20.2 Å². The van der Waals surface area contributed by atoms with Gasteiger partial charge in [-0.05, 0) is 48.9 Å². The van der Waals surface area contributed by atoms with Crippen LogP contribution in [0.2, 0.25) is 0 Å². The predicted octanol–water partition coefficient (Wildman–Crippen LogP) is 3.36. The minimum absolute atomic E-state index is 0.0757. The van der Waals surface area contributed by atoms with E-state index in [2.05, 4.69) is 16.0 Å². The van der Waals surface area contributed by atoms with Crippen LogP contribution in [0.3, 0.4) is 0 Å². The number of nitrogens with zero attached hydrogens (tertiary/aromatic N) is 1. The summed E-state index contributed by atoms with van der Waals surface area (Å²) in [5.41, 5.74) is 2.05. The Kier molecular flexibility index (Phi) is 7.82. The van der Waals surface area contributed by atoms with Gasteiger partial charge in [-0.2, -0.15) is 5.26 Å². The Balaban J connectivity index is 2.05. The van der Waals surface area contributed by atoms with Crippen molar-refractivity contribution in [2.24, 2.45) is 0 Å². The maximum absolute atomic E-state index is 12.5. The second kappa shape index (κ2) is 10.5. The lowest BCUT2D eigenvalue weighted by Gasteiger charge is -2.16. The molecule has 0 aromatic heterocycles. The van der Waals surface area contributed by atoms with E-state index in [-0.39, 0.29) is 17.5 Å². The Morgan fingerprint density at radius 3 is 2.23 bits per heavy atom. The number of nitrogens with one attached hydrogen (secondary N) is 3. The topological polar surface area (TPSA) is 112 Å². The minimum atomic E-state index is -0.512. The molecule has 0 aliphatic carbocycles. The fourth-order valence-electron chi connectivity index (χ4n) is 2.64. The predicted molar refractivity (Wildman–Crippen MR) is 114 cm³/mol. The number of nitriles is 1. The smallest absolute Gasteiger partial charge is 0.263 e. The molecule has 30 heavy (non-hydrogen) atoms. The van der Waals surface area contributed by atoms with Crippen molar-refractivity contribution >= 4 is 23.2 Å². The summed E-state index contributed by atoms with van der Waals surface area (Å²) in [7, 11) is 3.09. The van der Waals surface area contributed by atoms with Gasteiger partial charge in [0.2, 0.25) is 5.91 Å². The third-order valence-electron chi connectivity index (χ3n) is 4.21. The van der Waals surface area contributed by atoms with Crippen LogP contribution in [-0.2, 0) is 9.59 Å². The fraction of sp³-hybridized carbons (Fsp3) is 0.227. The minimum Gasteiger partial charge on any atom is -0.493 e. The number of amides is 2. The molecule has 2 rings (SSSR count). The molecule has 8 nitrogen and oxygen atoms in total. The van der Waals surface area contributed by atoms with Crippen LogP contribution in [-0.4, -0.2) is 26.0 Å². The highest BCUT2D eigenvalue weighted by Crippen LogP contribution is 2.29. The zero-order valence-corrected chi connectivity index (χ0v) is 17.3. The average molecular weight is 408 g/mol. The van der Waals surface area contributed by atoms with E-state index >= 15 is 0 Å². The van der Waals surface area contributed by atoms with Gasteiger partial charge in [0.25, 0.3) is 5.91 Å². The van der Waals surface area contributed by atoms with Gasteiger partial charge in [0.15, 0.2) is 11.5 Å². The van der Waals surface area contributed by atoms with Gasteiger partial charge in [-0.3, -0.25) is 9.59 Å². The summed E-state index contributed by atoms with van der Waals surface area (Å²) < 4.78 is 10.5. The van der Waals surface area contributed by atoms with Gasteiger partial charge in [-0.15, -0.1) is 0 Å². The monoisotopic (exact) mass is 408 g/mol. The van der Waals surface area contributed by atoms with Crippen molar-refractivity contribution < 1.29 is 19.1 Å². The molecule has 8 heteroatoms. The molecular weight excluding hydrogens is 384 g/mol. The first kappa shape index (κ1) is 22.3. The highest BCUT2D eigenvalue weighted by Gasteiger charge is 2.15. The molecule has 1 unspecified atom stereocenters. The highest BCUT2D eigenvalue weighted by molar-refractivity contribution is 5.97. The molecular formula is C22H24N4O4. The van der Waals surface area contributed by atoms with Gasteiger partial charge in [0.1, 0.15) is 11.6 Å². The zero-order chi connectivity index (χ0) is 22.1. The Hall–Kier alpha value is -3.99. The summed E-state index contributed by atoms with van der Waals surface area (Å²) in [6.07, 6.45) is 1.34. The third-order valence-corrected chi connectivity index (χ3v) is 4.21. The summed E-state index contributed by atoms with van der Waals surface area (Å²) in [4.78, 5) is 23.5. The van der Waals surface area contributed by atoms with Crippen LogP contribution < -0.4 is 25.4 Å². The molecule has 2 aromatic carbocycles. The van der Waals surface area contributed by atoms with Gasteiger partial charge >= 0.3 is 0 Å². The molecule has 0 spiro atoms. The molecule has 3 N–H and O–H groups in total. The molecule has 0 bridgehead atoms. The largest absolute Gasteiger partial charge is 0.493 e. The molecule has 156 valence electrons. The standard InChI is InChI=1S/C22H24N4O4/c1-14(16-5-10-20(29-3)21(11-16)30-4)25-22(28)17(12-23)13-24-18-6-8-19(9-7-18)26-15(2)27/h5-11,13-14,24H,1-4H3,(H,25,28)(H,26,27)/b17-13-. The summed E-state index contributed by atoms with van der Waals surface area (Å²) >= 11 is 0. The Morgan fingerprint density at radius 1 is 1.03 bits per heavy atom. The number of carbonyl (C=O) groups is 2. The number of rotatable bonds is 8. The number of benzene rings is 2. The average Bonchev–Trinajstić information content (AvgIpc) is 2.74. The number of methoxy groups -OCH3 is 2. The van der Waals surface area contributed by atoms with Gasteiger partial charge in [-0.1, -0.05) is 6.07 Å². The first-order valence-electron chi connectivity index (χ1n) is 9.15. The molecule has 0 heterocycles. The Morgan fingerprint density at radius 2 is 1.67 bits per heavy atom. The summed E-state index contributed by atoms with van der Waals surface area (Å²) in [6, 6.07) is 13.7. The summed E-state index contributed by atoms with van der Waals surface area (Å²) in [5, 5.41) is 17.7. The van der Waals surface area contributed by atoms with E-state index in [1.54, 1.807) is 43.5 Å². The molecule has 2 aromatic rings. The first-order valence-corrected chi connectivity index (χ1v) is 9.15. The SMILES string of the molecule is COc1ccc(C(C)NC(=O)/C(C#N)=C\Nc2ccc(NC(C)=O)cc2)cc1OC. The maximum Gasteiger partial charge on any atom is 0.263 e. The molecule has 0 saturated carbocycles. The lowest BCUT2D eigenvalue weighted by Crippen LogP contribution is -2.28. The van der Waals surface area contributed by atoms with Gasteiger partial charge in [-0.25, -0.2) is 0 Å². The zero-order valence-electron chi connectivity index (χ0n) is 17.3. The number of anilines is 2. The van der Waals surface area contributed by atoms with Crippen molar-refractivity contribution in [3.05, 3.63) is 59.8 Å². The van der Waals surface area contributed by atoms with Crippen LogP contribution in [0.1, 0.15) is 25.5 Å². The molecule has 0 saturated heterocycles. The van der Waals surface area contributed by atoms with E-state index in [1.807, 2.05) is 19.1 Å². The van der Waals surface area contributed by atoms with Crippen molar-refractivity contribution in [3.8, 4) is 17.6 Å². The molecule has 0 aliphatic rings. The van der Waals surface area contributed by atoms with Crippen molar-refractivity contribution in [3.63, 3.8) is 0 Å². The molecule has 0 aliphatic heterocycles. The third kappa shape index (κ3) is 6.01. The highest BCUT2D eigenvalue weighted by atomic mass is 16.5. The Labute approximate surface area is 175 Å². The van der Waals surface area contributed by atoms with E-state index < -0.39 is 5.91 Å². The van der Waals surface area contributed by atoms with Crippen LogP contribution in [0.4, 0.5) is 11.4 Å². The van der Waals surface area contributed by atoms with E-state index in [0.29, 0.717) is 22.9 Å². The van der Waals surface area contributed by atoms with Crippen LogP contribution in [0.5, 0.6) is 11.5 Å². The van der Waals surface area contributed by atoms with Gasteiger partial charge < -0.3 is 25.4 Å². The number of carbonyl (C=O) groups excluding carboxylic acids is 2. The Bertz CT molecular complexity index is 978. The lowest BCUT2D eigenvalue weighted by atomic mass is 10.1. The quantitative estimate of drug-likeness (QED) is 0.456. The fourth-order valence-corrected chi connectivity index (χ4v) is 2.64. The van der Waals surface area contributed by atoms with Gasteiger partial charge in [0, 0.05) is 24.5 Å². The van der Waals surface area contributed by atoms with Crippen molar-refractivity contribution in [2.75, 3.05) is 24.9 Å². The lowest BCUT2D eigenvalue weighted by molar-refractivity contribution is -0.117. The molecule has 2 amide bonds. The van der Waals surface area contributed by atoms with E-state index in [9.17, 15) is 14.9 Å². The van der Waals surface area contributed by atoms with Crippen LogP contribution in [0, 0.1) is 11.3 Å². The molecule has 1 atom stereocenters. The van der Waals surface area contributed by atoms with Crippen molar-refractivity contribution in [1.29, 1.82) is 5.26 Å². The van der Waals surface area contributed by atoms with E-state index in [4.69, 9.17) is 9.47 Å². The number of ether oxygens (including phenoxy) is 2. The van der Waals surface area contributed by atoms with Crippen molar-refractivity contribution in [2.45, 2.75) is 19.9 Å². The van der Waals surface area contributed by atoms with Crippen molar-refractivity contribution in [1.82, 2.24) is 5.32 Å². The summed E-state index contributed by atoms with van der Waals surface area (Å²) in [6.45, 7) is 3.23. The number of hydrogen-bond donors (Lipinski definition) is 3. The van der Waals surface area contributed by atoms with Crippen LogP contribution in [0.25, 0.3) is 0 Å². The normalized spacial score (nSPS) is 11.6.